The molecule has 12 aromatic rings. The number of nitrogens with one attached hydrogen (secondary N) is 3. The number of carbonyl (C=O) groups excluding carboxylic acids is 2. The van der Waals surface area contributed by atoms with Gasteiger partial charge in [-0.2, -0.15) is 101 Å². The van der Waals surface area contributed by atoms with Crippen molar-refractivity contribution >= 4 is 116 Å². The van der Waals surface area contributed by atoms with Crippen LogP contribution in [0.4, 0.5) is 129 Å². The Morgan fingerprint density at radius 1 is 0.407 bits per heavy atom. The van der Waals surface area contributed by atoms with E-state index in [1.807, 2.05) is 27.7 Å². The molecule has 12 aromatic heterocycles. The van der Waals surface area contributed by atoms with Gasteiger partial charge in [0.25, 0.3) is 29.4 Å². The summed E-state index contributed by atoms with van der Waals surface area (Å²) in [6.07, 6.45) is -20.0. The molecule has 0 spiro atoms. The second kappa shape index (κ2) is 56.0. The highest BCUT2D eigenvalue weighted by Crippen LogP contribution is 2.40. The Bertz CT molecular complexity index is 6270. The van der Waals surface area contributed by atoms with E-state index in [4.69, 9.17) is 61.0 Å². The summed E-state index contributed by atoms with van der Waals surface area (Å²) in [6.45, 7) is 11.0. The van der Waals surface area contributed by atoms with Crippen molar-refractivity contribution in [1.29, 1.82) is 11.1 Å². The van der Waals surface area contributed by atoms with E-state index in [0.29, 0.717) is 29.4 Å². The average Bonchev–Trinajstić information content (AvgIpc) is 1.77. The number of hydrogen-bond acceptors (Lipinski definition) is 32. The summed E-state index contributed by atoms with van der Waals surface area (Å²) in [5, 5.41) is 1.28. The number of nitrogen functional groups attached to an aromatic ring is 1. The van der Waals surface area contributed by atoms with Crippen molar-refractivity contribution in [2.24, 2.45) is 5.84 Å². The Hall–Kier alpha value is -12.5. The minimum Gasteiger partial charge on any atom is -0.463 e. The Balaban J connectivity index is 0. The lowest BCUT2D eigenvalue weighted by atomic mass is 9.80. The molecular weight excluding hydrogens is 2270 g/mol. The molecule has 0 aliphatic carbocycles. The van der Waals surface area contributed by atoms with Gasteiger partial charge in [0.05, 0.1) is 83.6 Å². The summed E-state index contributed by atoms with van der Waals surface area (Å²) in [4.78, 5) is 68.6. The molecule has 0 unspecified atom stereocenters. The Morgan fingerprint density at radius 2 is 0.693 bits per heavy atom. The third-order valence-electron chi connectivity index (χ3n) is 17.5. The van der Waals surface area contributed by atoms with Crippen LogP contribution in [0.5, 0.6) is 29.4 Å². The van der Waals surface area contributed by atoms with Crippen molar-refractivity contribution in [2.75, 3.05) is 12.5 Å². The van der Waals surface area contributed by atoms with E-state index in [1.54, 1.807) is 6.20 Å². The summed E-state index contributed by atoms with van der Waals surface area (Å²) in [7, 11) is -0.0700. The molecule has 1 fully saturated rings. The fourth-order valence-corrected chi connectivity index (χ4v) is 9.91. The monoisotopic (exact) mass is 2350 g/mol. The number of pyridine rings is 5. The third-order valence-corrected chi connectivity index (χ3v) is 18.8. The van der Waals surface area contributed by atoms with Crippen LogP contribution < -0.4 is 40.4 Å². The molecule has 1 saturated heterocycles. The molecule has 5 N–H and O–H groups in total. The van der Waals surface area contributed by atoms with Crippen molar-refractivity contribution in [1.82, 2.24) is 94.0 Å². The molecule has 5 atom stereocenters. The van der Waals surface area contributed by atoms with Crippen molar-refractivity contribution in [3.8, 4) is 74.4 Å². The van der Waals surface area contributed by atoms with Crippen LogP contribution in [0.1, 0.15) is 120 Å². The van der Waals surface area contributed by atoms with E-state index in [2.05, 4.69) is 163 Å². The minimum atomic E-state index is -4.70. The van der Waals surface area contributed by atoms with Crippen LogP contribution in [0.3, 0.4) is 0 Å². The van der Waals surface area contributed by atoms with Crippen LogP contribution in [0, 0.1) is 40.1 Å². The third kappa shape index (κ3) is 39.7. The smallest absolute Gasteiger partial charge is 0.463 e. The van der Waals surface area contributed by atoms with Gasteiger partial charge in [-0.1, -0.05) is 67.8 Å². The number of hydrogen-bond donors (Lipinski definition) is 4. The number of esters is 2. The van der Waals surface area contributed by atoms with Gasteiger partial charge in [0.15, 0.2) is 76.7 Å². The molecule has 0 amide bonds. The number of methoxy groups -OCH3 is 1. The van der Waals surface area contributed by atoms with Gasteiger partial charge >= 0.3 is 72.2 Å². The predicted octanol–water partition coefficient (Wildman–Crippen LogP) is 24.4. The van der Waals surface area contributed by atoms with E-state index < -0.39 is 184 Å². The molecule has 0 bridgehead atoms. The molecule has 1 aliphatic heterocycles. The maximum atomic E-state index is 14.1. The molecule has 34 nitrogen and oxygen atoms in total. The van der Waals surface area contributed by atoms with Crippen molar-refractivity contribution in [2.45, 2.75) is 202 Å². The fourth-order valence-electron chi connectivity index (χ4n) is 9.31. The first-order valence-electron chi connectivity index (χ1n) is 38.0. The second-order valence-electron chi connectivity index (χ2n) is 28.5. The molecule has 832 valence electrons. The maximum absolute atomic E-state index is 14.1. The molecule has 0 radical (unpaired) electrons. The molecule has 0 saturated carbocycles. The van der Waals surface area contributed by atoms with Gasteiger partial charge in [0.2, 0.25) is 11.6 Å². The predicted molar refractivity (Wildman–Crippen MR) is 488 cm³/mol. The summed E-state index contributed by atoms with van der Waals surface area (Å²) in [6, 6.07) is 4.56. The first-order chi connectivity index (χ1) is 66.2. The van der Waals surface area contributed by atoms with Crippen LogP contribution in [-0.2, 0) is 39.9 Å². The molecule has 150 heavy (non-hydrogen) atoms. The van der Waals surface area contributed by atoms with E-state index in [0.717, 1.165) is 117 Å². The second-order valence-corrected chi connectivity index (χ2v) is 31.5. The highest BCUT2D eigenvalue weighted by Gasteiger charge is 2.53. The number of alkyl halides is 26. The van der Waals surface area contributed by atoms with Gasteiger partial charge in [-0.25, -0.2) is 93.3 Å². The average molecular weight is 2360 g/mol. The number of halogens is 34. The summed E-state index contributed by atoms with van der Waals surface area (Å²) in [5.74, 6) is -10.8. The van der Waals surface area contributed by atoms with Crippen molar-refractivity contribution in [3.63, 3.8) is 0 Å². The lowest BCUT2D eigenvalue weighted by molar-refractivity contribution is -0.237. The standard InChI is InChI=1S/C15H11F6N5O2.C14H18BF4NO3.C14H8ClF6N5O.C12H8ClF4N3O.C12H11F4N5O.C4H2BrClN2.C4Cl2F4O3.6CH4.H2N2.H2/c1-7(14(17,18)19)28-12-9(16)3-8(4-23-12)10-6-26-11(5-22-10)24-25-13(26)15(20,21)27-2;1-8(14(17,18)19)21-11-10(16)6-9(7-20-11)15-22-12(2,3)13(4,5)23-15;1-6(14(19,20)21)27-11-8(16)2-7(3-23-11)9-5-26-10(4-22-9)24-25-12(26)13(15,17)18;1-6(12(15,16)17)21-11-8(14)2-7(3-20-11)9-4-19-10(13)5-18-9;1-6(12(14,15)16)22-11-8(13)2-7(3-20-11)9-4-19-10(21-17)5-18-9;5-3-1-8-4(6)2-7-3;5-3(7,8)1(11)13-2(12)4(6,9)10;;;;;;;1-2;/h3-7H,1-2H3;6-8H,1-5H3;2-6H,1H3;2-6H,1H3;2-6H,17H2,1H3,(H,19,21);1-2H;;6*1H4;1-2H;1H/t7-;8-;3*6-;;;;;;;;;;/m00000........../s1. The molecule has 13 rings (SSSR count). The summed E-state index contributed by atoms with van der Waals surface area (Å²) < 4.78 is 400. The van der Waals surface area contributed by atoms with Crippen LogP contribution >= 0.6 is 73.9 Å². The number of nitrogens with two attached hydrogens (primary N) is 1. The summed E-state index contributed by atoms with van der Waals surface area (Å²) in [5.41, 5.74) is 12.2. The van der Waals surface area contributed by atoms with E-state index in [-0.39, 0.29) is 113 Å². The summed E-state index contributed by atoms with van der Waals surface area (Å²) >= 11 is 27.1. The van der Waals surface area contributed by atoms with Gasteiger partial charge in [-0.3, -0.25) is 28.7 Å². The lowest BCUT2D eigenvalue weighted by Crippen LogP contribution is -2.41. The Labute approximate surface area is 866 Å². The first-order valence-corrected chi connectivity index (χ1v) is 40.7. The number of anilines is 1. The number of carbonyl (C=O) groups is 2. The minimum absolute atomic E-state index is 0. The maximum Gasteiger partial charge on any atom is 0.496 e. The van der Waals surface area contributed by atoms with Crippen LogP contribution in [0.2, 0.25) is 10.3 Å². The zero-order valence-electron chi connectivity index (χ0n) is 72.9. The van der Waals surface area contributed by atoms with Gasteiger partial charge in [-0.15, -0.1) is 20.4 Å². The van der Waals surface area contributed by atoms with E-state index in [1.165, 1.54) is 37.2 Å². The number of hydrazine groups is 1. The molecular formula is C81H86BBrCl5F28N23O11. The van der Waals surface area contributed by atoms with Crippen molar-refractivity contribution < 1.29 is 176 Å². The number of ether oxygens (including phenoxy) is 7. The number of fused-ring (bicyclic) bond motifs is 2. The van der Waals surface area contributed by atoms with Crippen LogP contribution in [-0.4, -0.2) is 204 Å². The quantitative estimate of drug-likeness (QED) is 0.00758. The van der Waals surface area contributed by atoms with Crippen LogP contribution in [0.25, 0.3) is 56.3 Å². The highest BCUT2D eigenvalue weighted by atomic mass is 79.9. The number of rotatable bonds is 21. The van der Waals surface area contributed by atoms with Crippen molar-refractivity contribution in [3.05, 3.63) is 179 Å². The first kappa shape index (κ1) is 138. The fraction of sp³-hybridized carbons (Fsp3) is 0.395. The zero-order chi connectivity index (χ0) is 109. The van der Waals surface area contributed by atoms with Gasteiger partial charge < -0.3 is 47.9 Å². The van der Waals surface area contributed by atoms with Gasteiger partial charge in [0.1, 0.15) is 14.9 Å². The molecule has 13 heterocycles. The highest BCUT2D eigenvalue weighted by molar-refractivity contribution is 9.10. The van der Waals surface area contributed by atoms with Gasteiger partial charge in [0, 0.05) is 79.6 Å². The number of aromatic nitrogens is 19. The van der Waals surface area contributed by atoms with E-state index >= 15 is 0 Å². The normalized spacial score (nSPS) is 13.6. The number of nitrogens with zero attached hydrogens (tertiary/aromatic N) is 19. The van der Waals surface area contributed by atoms with Crippen LogP contribution in [0.15, 0.2) is 128 Å². The lowest BCUT2D eigenvalue weighted by Gasteiger charge is -2.32. The zero-order valence-corrected chi connectivity index (χ0v) is 78.3. The Morgan fingerprint density at radius 3 is 0.953 bits per heavy atom. The topological polar surface area (TPSA) is 431 Å². The van der Waals surface area contributed by atoms with E-state index in [9.17, 15) is 133 Å². The molecule has 69 heteroatoms. The SMILES string of the molecule is C.C.C.C.C.C.COC(F)(F)c1nnc2cnc(-c3cnc(O[C@@H](C)C(F)(F)F)c(F)c3)cn12.C[C@H](Oc1ncc(-c2cn3c(C(F)(F)Cl)nnc3cn2)cc1F)C(F)(F)F.C[C@H](Oc1ncc(-c2cnc(Cl)cn2)cc1F)C(F)(F)F.C[C@H](Oc1ncc(-c2cnc(NN)cn2)cc1F)C(F)(F)F.C[C@H](Oc1ncc(B2OC(C)(C)C(C)(C)O2)cc1F)C(F)(F)F.Clc1cnc(Br)cn1.N=N.O=C(OC(=O)C(F)(F)Cl)C(F)(F)Cl.[HH]. The Kier molecular flexibility index (Phi) is 51.4. The largest absolute Gasteiger partial charge is 0.496 e. The van der Waals surface area contributed by atoms with Gasteiger partial charge in [-0.05, 0) is 143 Å². The molecule has 1 aliphatic rings. The molecule has 0 aromatic carbocycles.